The molecule has 26 heavy (non-hydrogen) atoms. The number of hydrogen-bond donors (Lipinski definition) is 2. The number of anilines is 2. The van der Waals surface area contributed by atoms with E-state index in [2.05, 4.69) is 43.8 Å². The third kappa shape index (κ3) is 3.25. The van der Waals surface area contributed by atoms with E-state index in [9.17, 15) is 0 Å². The highest BCUT2D eigenvalue weighted by Gasteiger charge is 2.14. The molecule has 0 saturated heterocycles. The lowest BCUT2D eigenvalue weighted by Gasteiger charge is -2.10. The minimum Gasteiger partial charge on any atom is -0.368 e. The van der Waals surface area contributed by atoms with Crippen LogP contribution in [0.2, 0.25) is 0 Å². The van der Waals surface area contributed by atoms with Gasteiger partial charge in [-0.1, -0.05) is 19.0 Å². The monoisotopic (exact) mass is 369 g/mol. The van der Waals surface area contributed by atoms with Gasteiger partial charge >= 0.3 is 0 Å². The van der Waals surface area contributed by atoms with Gasteiger partial charge in [-0.3, -0.25) is 0 Å². The SMILES string of the molecule is CC(C)c1cc(CNc2nc(N)nc3ccn(Cc4cscn4)c23)no1. The summed E-state index contributed by atoms with van der Waals surface area (Å²) in [6, 6.07) is 3.88. The molecule has 134 valence electrons. The Bertz CT molecular complexity index is 1020. The van der Waals surface area contributed by atoms with E-state index in [-0.39, 0.29) is 5.95 Å². The number of rotatable bonds is 6. The normalized spacial score (nSPS) is 11.5. The van der Waals surface area contributed by atoms with Gasteiger partial charge in [0.2, 0.25) is 5.95 Å². The van der Waals surface area contributed by atoms with E-state index < -0.39 is 0 Å². The molecule has 0 aromatic carbocycles. The predicted octanol–water partition coefficient (Wildman–Crippen LogP) is 3.24. The fourth-order valence-corrected chi connectivity index (χ4v) is 3.28. The summed E-state index contributed by atoms with van der Waals surface area (Å²) in [6.07, 6.45) is 1.97. The third-order valence-corrected chi connectivity index (χ3v) is 4.66. The molecule has 0 amide bonds. The van der Waals surface area contributed by atoms with Gasteiger partial charge in [-0.25, -0.2) is 9.97 Å². The summed E-state index contributed by atoms with van der Waals surface area (Å²) in [5.74, 6) is 2.06. The molecule has 4 aromatic rings. The summed E-state index contributed by atoms with van der Waals surface area (Å²) < 4.78 is 7.41. The van der Waals surface area contributed by atoms with E-state index in [1.165, 1.54) is 0 Å². The van der Waals surface area contributed by atoms with Crippen LogP contribution in [0.15, 0.2) is 33.7 Å². The Morgan fingerprint density at radius 1 is 1.31 bits per heavy atom. The first-order chi connectivity index (χ1) is 12.6. The van der Waals surface area contributed by atoms with Crippen molar-refractivity contribution in [1.82, 2.24) is 24.7 Å². The molecule has 0 fully saturated rings. The van der Waals surface area contributed by atoms with Crippen molar-refractivity contribution < 1.29 is 4.52 Å². The minimum atomic E-state index is 0.231. The molecule has 0 aliphatic carbocycles. The average Bonchev–Trinajstić information content (AvgIpc) is 3.34. The number of fused-ring (bicyclic) bond motifs is 1. The van der Waals surface area contributed by atoms with Crippen LogP contribution in [0.25, 0.3) is 11.0 Å². The van der Waals surface area contributed by atoms with Crippen molar-refractivity contribution in [3.8, 4) is 0 Å². The van der Waals surface area contributed by atoms with E-state index in [1.54, 1.807) is 11.3 Å². The van der Waals surface area contributed by atoms with Crippen molar-refractivity contribution in [3.63, 3.8) is 0 Å². The lowest BCUT2D eigenvalue weighted by molar-refractivity contribution is 0.366. The summed E-state index contributed by atoms with van der Waals surface area (Å²) in [6.45, 7) is 5.27. The number of thiazole rings is 1. The van der Waals surface area contributed by atoms with Crippen molar-refractivity contribution in [2.45, 2.75) is 32.9 Å². The Kier molecular flexibility index (Phi) is 4.29. The van der Waals surface area contributed by atoms with Crippen LogP contribution in [-0.2, 0) is 13.1 Å². The molecule has 0 radical (unpaired) electrons. The Balaban J connectivity index is 1.63. The van der Waals surface area contributed by atoms with Crippen LogP contribution in [0.1, 0.15) is 36.9 Å². The minimum absolute atomic E-state index is 0.231. The third-order valence-electron chi connectivity index (χ3n) is 4.03. The first-order valence-corrected chi connectivity index (χ1v) is 9.23. The highest BCUT2D eigenvalue weighted by Crippen LogP contribution is 2.24. The van der Waals surface area contributed by atoms with Crippen molar-refractivity contribution in [2.75, 3.05) is 11.1 Å². The molecule has 0 aliphatic rings. The Morgan fingerprint density at radius 2 is 2.19 bits per heavy atom. The summed E-state index contributed by atoms with van der Waals surface area (Å²) >= 11 is 1.58. The van der Waals surface area contributed by atoms with Gasteiger partial charge in [-0.15, -0.1) is 11.3 Å². The standard InChI is InChI=1S/C17H19N7OS/c1-10(2)14-5-11(23-25-14)6-19-16-15-13(21-17(18)22-16)3-4-24(15)7-12-8-26-9-20-12/h3-5,8-10H,6-7H2,1-2H3,(H3,18,19,21,22). The maximum Gasteiger partial charge on any atom is 0.222 e. The predicted molar refractivity (Wildman–Crippen MR) is 101 cm³/mol. The number of nitrogens with zero attached hydrogens (tertiary/aromatic N) is 5. The molecule has 0 unspecified atom stereocenters. The van der Waals surface area contributed by atoms with E-state index >= 15 is 0 Å². The molecule has 4 aromatic heterocycles. The van der Waals surface area contributed by atoms with Gasteiger partial charge in [0.05, 0.1) is 29.8 Å². The number of nitrogen functional groups attached to an aromatic ring is 1. The zero-order valence-electron chi connectivity index (χ0n) is 14.5. The molecule has 0 atom stereocenters. The lowest BCUT2D eigenvalue weighted by Crippen LogP contribution is -2.08. The highest BCUT2D eigenvalue weighted by molar-refractivity contribution is 7.07. The summed E-state index contributed by atoms with van der Waals surface area (Å²) in [4.78, 5) is 13.0. The first kappa shape index (κ1) is 16.5. The van der Waals surface area contributed by atoms with Gasteiger partial charge in [0.25, 0.3) is 0 Å². The average molecular weight is 369 g/mol. The lowest BCUT2D eigenvalue weighted by atomic mass is 10.1. The van der Waals surface area contributed by atoms with Crippen molar-refractivity contribution >= 4 is 34.1 Å². The number of nitrogens with one attached hydrogen (secondary N) is 1. The van der Waals surface area contributed by atoms with E-state index in [0.717, 1.165) is 28.2 Å². The Morgan fingerprint density at radius 3 is 2.92 bits per heavy atom. The van der Waals surface area contributed by atoms with Crippen molar-refractivity contribution in [3.05, 3.63) is 46.4 Å². The molecule has 0 bridgehead atoms. The Labute approximate surface area is 154 Å². The second-order valence-corrected chi connectivity index (χ2v) is 7.04. The molecular formula is C17H19N7OS. The largest absolute Gasteiger partial charge is 0.368 e. The van der Waals surface area contributed by atoms with Gasteiger partial charge in [-0.2, -0.15) is 4.98 Å². The van der Waals surface area contributed by atoms with Crippen molar-refractivity contribution in [2.24, 2.45) is 0 Å². The quantitative estimate of drug-likeness (QED) is 0.537. The summed E-state index contributed by atoms with van der Waals surface area (Å²) in [7, 11) is 0. The zero-order chi connectivity index (χ0) is 18.1. The fourth-order valence-electron chi connectivity index (χ4n) is 2.73. The highest BCUT2D eigenvalue weighted by atomic mass is 32.1. The van der Waals surface area contributed by atoms with Gasteiger partial charge < -0.3 is 20.1 Å². The molecule has 8 nitrogen and oxygen atoms in total. The van der Waals surface area contributed by atoms with E-state index in [4.69, 9.17) is 10.3 Å². The van der Waals surface area contributed by atoms with Crippen molar-refractivity contribution in [1.29, 1.82) is 0 Å². The summed E-state index contributed by atoms with van der Waals surface area (Å²) in [5, 5.41) is 9.44. The smallest absolute Gasteiger partial charge is 0.222 e. The van der Waals surface area contributed by atoms with Crippen LogP contribution in [0, 0.1) is 0 Å². The molecule has 0 spiro atoms. The number of aromatic nitrogens is 5. The molecule has 9 heteroatoms. The van der Waals surface area contributed by atoms with Gasteiger partial charge in [0.15, 0.2) is 5.82 Å². The number of nitrogens with two attached hydrogens (primary N) is 1. The maximum absolute atomic E-state index is 5.87. The van der Waals surface area contributed by atoms with Crippen LogP contribution in [0.5, 0.6) is 0 Å². The molecule has 3 N–H and O–H groups in total. The fraction of sp³-hybridized carbons (Fsp3) is 0.294. The van der Waals surface area contributed by atoms with Gasteiger partial charge in [0.1, 0.15) is 17.0 Å². The molecule has 4 heterocycles. The second-order valence-electron chi connectivity index (χ2n) is 6.32. The molecule has 0 aliphatic heterocycles. The second kappa shape index (κ2) is 6.75. The summed E-state index contributed by atoms with van der Waals surface area (Å²) in [5.41, 5.74) is 11.2. The Hall–Kier alpha value is -2.94. The van der Waals surface area contributed by atoms with Crippen LogP contribution < -0.4 is 11.1 Å². The van der Waals surface area contributed by atoms with Crippen LogP contribution in [0.4, 0.5) is 11.8 Å². The van der Waals surface area contributed by atoms with Crippen LogP contribution >= 0.6 is 11.3 Å². The van der Waals surface area contributed by atoms with Gasteiger partial charge in [-0.05, 0) is 6.07 Å². The molecular weight excluding hydrogens is 350 g/mol. The molecule has 4 rings (SSSR count). The maximum atomic E-state index is 5.87. The van der Waals surface area contributed by atoms with Crippen LogP contribution in [-0.4, -0.2) is 24.7 Å². The van der Waals surface area contributed by atoms with Gasteiger partial charge in [0, 0.05) is 23.6 Å². The van der Waals surface area contributed by atoms with Crippen LogP contribution in [0.3, 0.4) is 0 Å². The zero-order valence-corrected chi connectivity index (χ0v) is 15.3. The van der Waals surface area contributed by atoms with E-state index in [1.807, 2.05) is 29.2 Å². The topological polar surface area (TPSA) is 108 Å². The molecule has 0 saturated carbocycles. The van der Waals surface area contributed by atoms with E-state index in [0.29, 0.717) is 24.8 Å². The number of hydrogen-bond acceptors (Lipinski definition) is 8. The first-order valence-electron chi connectivity index (χ1n) is 8.29.